The van der Waals surface area contributed by atoms with E-state index in [1.807, 2.05) is 38.1 Å². The first-order valence-corrected chi connectivity index (χ1v) is 7.81. The van der Waals surface area contributed by atoms with Crippen molar-refractivity contribution in [3.8, 4) is 5.75 Å². The Morgan fingerprint density at radius 3 is 2.57 bits per heavy atom. The zero-order chi connectivity index (χ0) is 15.4. The highest BCUT2D eigenvalue weighted by Gasteiger charge is 2.17. The molecule has 1 atom stereocenters. The van der Waals surface area contributed by atoms with Crippen LogP contribution >= 0.6 is 11.3 Å². The van der Waals surface area contributed by atoms with Gasteiger partial charge in [0.05, 0.1) is 5.69 Å². The van der Waals surface area contributed by atoms with Gasteiger partial charge in [-0.25, -0.2) is 4.98 Å². The Bertz CT molecular complexity index is 620. The number of aryl methyl sites for hydroxylation is 3. The van der Waals surface area contributed by atoms with E-state index in [-0.39, 0.29) is 5.91 Å². The van der Waals surface area contributed by atoms with E-state index in [1.54, 1.807) is 6.92 Å². The number of anilines is 1. The average Bonchev–Trinajstić information content (AvgIpc) is 2.81. The van der Waals surface area contributed by atoms with Crippen molar-refractivity contribution in [2.45, 2.75) is 40.2 Å². The van der Waals surface area contributed by atoms with Gasteiger partial charge in [-0.15, -0.1) is 11.3 Å². The van der Waals surface area contributed by atoms with Crippen molar-refractivity contribution in [1.82, 2.24) is 4.98 Å². The Morgan fingerprint density at radius 2 is 2.00 bits per heavy atom. The van der Waals surface area contributed by atoms with Crippen LogP contribution in [0, 0.1) is 13.8 Å². The number of nitrogens with one attached hydrogen (secondary N) is 1. The third-order valence-corrected chi connectivity index (χ3v) is 4.09. The van der Waals surface area contributed by atoms with E-state index in [0.29, 0.717) is 10.9 Å². The fourth-order valence-electron chi connectivity index (χ4n) is 1.89. The number of nitrogens with zero attached hydrogens (tertiary/aromatic N) is 1. The standard InChI is InChI=1S/C16H20N2O2S/c1-5-14-12(4)21-16(17-14)18-15(19)11(3)20-13-8-6-10(2)7-9-13/h6-9,11H,5H2,1-4H3,(H,17,18,19)/t11-/m0/s1. The molecule has 0 aliphatic carbocycles. The molecule has 0 saturated carbocycles. The number of rotatable bonds is 5. The van der Waals surface area contributed by atoms with Crippen molar-refractivity contribution < 1.29 is 9.53 Å². The molecule has 0 unspecified atom stereocenters. The molecule has 1 aromatic carbocycles. The summed E-state index contributed by atoms with van der Waals surface area (Å²) in [5, 5.41) is 3.45. The molecule has 0 radical (unpaired) electrons. The van der Waals surface area contributed by atoms with Crippen LogP contribution in [-0.2, 0) is 11.2 Å². The van der Waals surface area contributed by atoms with Crippen molar-refractivity contribution in [3.63, 3.8) is 0 Å². The molecule has 4 nitrogen and oxygen atoms in total. The molecular weight excluding hydrogens is 284 g/mol. The van der Waals surface area contributed by atoms with E-state index in [9.17, 15) is 4.79 Å². The van der Waals surface area contributed by atoms with Crippen molar-refractivity contribution in [2.24, 2.45) is 0 Å². The normalized spacial score (nSPS) is 12.0. The molecule has 112 valence electrons. The van der Waals surface area contributed by atoms with E-state index in [2.05, 4.69) is 17.2 Å². The monoisotopic (exact) mass is 304 g/mol. The van der Waals surface area contributed by atoms with Crippen LogP contribution in [-0.4, -0.2) is 17.0 Å². The molecule has 1 aromatic heterocycles. The van der Waals surface area contributed by atoms with Gasteiger partial charge in [-0.1, -0.05) is 24.6 Å². The number of aromatic nitrogens is 1. The van der Waals surface area contributed by atoms with E-state index in [1.165, 1.54) is 11.3 Å². The molecule has 0 saturated heterocycles. The molecular formula is C16H20N2O2S. The maximum atomic E-state index is 12.1. The number of carbonyl (C=O) groups is 1. The number of benzene rings is 1. The van der Waals surface area contributed by atoms with Crippen LogP contribution in [0.1, 0.15) is 30.0 Å². The van der Waals surface area contributed by atoms with Gasteiger partial charge < -0.3 is 4.74 Å². The summed E-state index contributed by atoms with van der Waals surface area (Å²) in [7, 11) is 0. The minimum atomic E-state index is -0.568. The summed E-state index contributed by atoms with van der Waals surface area (Å²) < 4.78 is 5.63. The first kappa shape index (κ1) is 15.5. The Kier molecular flexibility index (Phi) is 4.96. The van der Waals surface area contributed by atoms with Gasteiger partial charge in [-0.3, -0.25) is 10.1 Å². The summed E-state index contributed by atoms with van der Waals surface area (Å²) >= 11 is 1.49. The van der Waals surface area contributed by atoms with Gasteiger partial charge in [0.15, 0.2) is 11.2 Å². The van der Waals surface area contributed by atoms with Crippen molar-refractivity contribution in [3.05, 3.63) is 40.4 Å². The summed E-state index contributed by atoms with van der Waals surface area (Å²) in [6.07, 6.45) is 0.301. The zero-order valence-corrected chi connectivity index (χ0v) is 13.6. The lowest BCUT2D eigenvalue weighted by Crippen LogP contribution is -2.30. The molecule has 21 heavy (non-hydrogen) atoms. The molecule has 0 bridgehead atoms. The van der Waals surface area contributed by atoms with Gasteiger partial charge in [0.25, 0.3) is 5.91 Å². The summed E-state index contributed by atoms with van der Waals surface area (Å²) in [5.41, 5.74) is 2.19. The number of hydrogen-bond donors (Lipinski definition) is 1. The highest BCUT2D eigenvalue weighted by atomic mass is 32.1. The fourth-order valence-corrected chi connectivity index (χ4v) is 2.80. The molecule has 5 heteroatoms. The minimum Gasteiger partial charge on any atom is -0.481 e. The van der Waals surface area contributed by atoms with Gasteiger partial charge in [-0.2, -0.15) is 0 Å². The van der Waals surface area contributed by atoms with E-state index < -0.39 is 6.10 Å². The van der Waals surface area contributed by atoms with Crippen molar-refractivity contribution in [2.75, 3.05) is 5.32 Å². The number of hydrogen-bond acceptors (Lipinski definition) is 4. The number of ether oxygens (including phenoxy) is 1. The topological polar surface area (TPSA) is 51.2 Å². The highest BCUT2D eigenvalue weighted by Crippen LogP contribution is 2.22. The molecule has 0 aliphatic rings. The van der Waals surface area contributed by atoms with Gasteiger partial charge in [0.1, 0.15) is 5.75 Å². The Balaban J connectivity index is 1.97. The van der Waals surface area contributed by atoms with Crippen LogP contribution in [0.3, 0.4) is 0 Å². The van der Waals surface area contributed by atoms with Gasteiger partial charge in [0.2, 0.25) is 0 Å². The lowest BCUT2D eigenvalue weighted by atomic mass is 10.2. The lowest BCUT2D eigenvalue weighted by Gasteiger charge is -2.13. The smallest absolute Gasteiger partial charge is 0.266 e. The van der Waals surface area contributed by atoms with Crippen LogP contribution in [0.2, 0.25) is 0 Å². The van der Waals surface area contributed by atoms with Crippen LogP contribution in [0.25, 0.3) is 0 Å². The van der Waals surface area contributed by atoms with Crippen LogP contribution in [0.4, 0.5) is 5.13 Å². The van der Waals surface area contributed by atoms with Gasteiger partial charge in [-0.05, 0) is 39.3 Å². The third-order valence-electron chi connectivity index (χ3n) is 3.16. The Morgan fingerprint density at radius 1 is 1.33 bits per heavy atom. The number of thiazole rings is 1. The molecule has 2 aromatic rings. The Labute approximate surface area is 129 Å². The largest absolute Gasteiger partial charge is 0.481 e. The first-order chi connectivity index (χ1) is 9.99. The second kappa shape index (κ2) is 6.72. The maximum Gasteiger partial charge on any atom is 0.266 e. The second-order valence-corrected chi connectivity index (χ2v) is 6.14. The van der Waals surface area contributed by atoms with Crippen LogP contribution < -0.4 is 10.1 Å². The highest BCUT2D eigenvalue weighted by molar-refractivity contribution is 7.15. The summed E-state index contributed by atoms with van der Waals surface area (Å²) in [5.74, 6) is 0.500. The lowest BCUT2D eigenvalue weighted by molar-refractivity contribution is -0.122. The van der Waals surface area contributed by atoms with Crippen molar-refractivity contribution >= 4 is 22.4 Å². The van der Waals surface area contributed by atoms with Gasteiger partial charge in [0, 0.05) is 4.88 Å². The SMILES string of the molecule is CCc1nc(NC(=O)[C@H](C)Oc2ccc(C)cc2)sc1C. The van der Waals surface area contributed by atoms with E-state index in [0.717, 1.165) is 22.6 Å². The molecule has 1 amide bonds. The Hall–Kier alpha value is -1.88. The predicted octanol–water partition coefficient (Wildman–Crippen LogP) is 3.73. The van der Waals surface area contributed by atoms with Crippen LogP contribution in [0.15, 0.2) is 24.3 Å². The molecule has 0 spiro atoms. The average molecular weight is 304 g/mol. The quantitative estimate of drug-likeness (QED) is 0.915. The maximum absolute atomic E-state index is 12.1. The van der Waals surface area contributed by atoms with Crippen molar-refractivity contribution in [1.29, 1.82) is 0 Å². The number of carbonyl (C=O) groups excluding carboxylic acids is 1. The minimum absolute atomic E-state index is 0.188. The van der Waals surface area contributed by atoms with E-state index >= 15 is 0 Å². The first-order valence-electron chi connectivity index (χ1n) is 7.00. The van der Waals surface area contributed by atoms with Gasteiger partial charge >= 0.3 is 0 Å². The third kappa shape index (κ3) is 4.04. The molecule has 0 aliphatic heterocycles. The summed E-state index contributed by atoms with van der Waals surface area (Å²) in [4.78, 5) is 17.7. The molecule has 1 N–H and O–H groups in total. The molecule has 1 heterocycles. The summed E-state index contributed by atoms with van der Waals surface area (Å²) in [6.45, 7) is 7.81. The molecule has 0 fully saturated rings. The predicted molar refractivity (Wildman–Crippen MR) is 86.1 cm³/mol. The molecule has 2 rings (SSSR count). The van der Waals surface area contributed by atoms with Crippen LogP contribution in [0.5, 0.6) is 5.75 Å². The van der Waals surface area contributed by atoms with E-state index in [4.69, 9.17) is 4.74 Å². The fraction of sp³-hybridized carbons (Fsp3) is 0.375. The summed E-state index contributed by atoms with van der Waals surface area (Å²) in [6, 6.07) is 7.64. The second-order valence-electron chi connectivity index (χ2n) is 4.94. The number of amides is 1. The zero-order valence-electron chi connectivity index (χ0n) is 12.8.